The Hall–Kier alpha value is -5.34. The fourth-order valence-electron chi connectivity index (χ4n) is 6.77. The largest absolute Gasteiger partial charge is 0.397 e. The van der Waals surface area contributed by atoms with Gasteiger partial charge >= 0.3 is 0 Å². The lowest BCUT2D eigenvalue weighted by Gasteiger charge is -2.41. The number of carbonyl (C=O) groups excluding carboxylic acids is 2. The molecule has 0 bridgehead atoms. The van der Waals surface area contributed by atoms with Gasteiger partial charge in [-0.1, -0.05) is 60.7 Å². The summed E-state index contributed by atoms with van der Waals surface area (Å²) in [4.78, 5) is 40.1. The van der Waals surface area contributed by atoms with Crippen molar-refractivity contribution in [1.29, 1.82) is 0 Å². The molecule has 13 heteroatoms. The monoisotopic (exact) mass is 736 g/mol. The second-order valence-electron chi connectivity index (χ2n) is 13.8. The first-order valence-electron chi connectivity index (χ1n) is 18.5. The number of hydrogen-bond donors (Lipinski definition) is 4. The molecule has 13 nitrogen and oxygen atoms in total. The Kier molecular flexibility index (Phi) is 13.2. The van der Waals surface area contributed by atoms with Crippen molar-refractivity contribution in [3.63, 3.8) is 0 Å². The first kappa shape index (κ1) is 38.4. The number of aliphatic hydroxyl groups is 1. The van der Waals surface area contributed by atoms with E-state index in [1.165, 1.54) is 0 Å². The minimum absolute atomic E-state index is 0.0248. The van der Waals surface area contributed by atoms with E-state index in [0.717, 1.165) is 60.7 Å². The molecule has 0 aromatic heterocycles. The summed E-state index contributed by atoms with van der Waals surface area (Å²) in [6, 6.07) is 29.5. The predicted molar refractivity (Wildman–Crippen MR) is 206 cm³/mol. The molecule has 5 N–H and O–H groups in total. The Morgan fingerprint density at radius 3 is 2.13 bits per heavy atom. The highest BCUT2D eigenvalue weighted by Gasteiger charge is 2.34. The predicted octanol–water partition coefficient (Wildman–Crippen LogP) is 5.85. The lowest BCUT2D eigenvalue weighted by atomic mass is 9.99. The summed E-state index contributed by atoms with van der Waals surface area (Å²) in [5.74, 6) is -0.201. The summed E-state index contributed by atoms with van der Waals surface area (Å²) >= 11 is 0. The number of ether oxygens (including phenoxy) is 2. The summed E-state index contributed by atoms with van der Waals surface area (Å²) in [5.41, 5.74) is 11.7. The van der Waals surface area contributed by atoms with Crippen molar-refractivity contribution < 1.29 is 29.1 Å². The molecular weight excluding hydrogens is 688 g/mol. The molecule has 2 aliphatic rings. The molecule has 0 spiro atoms. The van der Waals surface area contributed by atoms with Gasteiger partial charge in [0.1, 0.15) is 0 Å². The summed E-state index contributed by atoms with van der Waals surface area (Å²) < 4.78 is 13.1. The van der Waals surface area contributed by atoms with Gasteiger partial charge in [0.05, 0.1) is 35.1 Å². The molecule has 2 aliphatic heterocycles. The van der Waals surface area contributed by atoms with Gasteiger partial charge in [-0.15, -0.1) is 0 Å². The number of para-hydroxylation sites is 2. The van der Waals surface area contributed by atoms with Crippen LogP contribution in [0.2, 0.25) is 0 Å². The van der Waals surface area contributed by atoms with Gasteiger partial charge in [0.25, 0.3) is 5.69 Å². The van der Waals surface area contributed by atoms with Crippen molar-refractivity contribution in [1.82, 2.24) is 10.2 Å². The summed E-state index contributed by atoms with van der Waals surface area (Å²) in [6.45, 7) is 4.36. The molecule has 2 fully saturated rings. The van der Waals surface area contributed by atoms with Crippen LogP contribution in [0.15, 0.2) is 97.1 Å². The summed E-state index contributed by atoms with van der Waals surface area (Å²) in [7, 11) is 0. The molecule has 284 valence electrons. The quantitative estimate of drug-likeness (QED) is 0.0502. The van der Waals surface area contributed by atoms with E-state index in [1.807, 2.05) is 72.8 Å². The number of nitrogens with zero attached hydrogens (tertiary/aromatic N) is 3. The van der Waals surface area contributed by atoms with Gasteiger partial charge in [-0.2, -0.15) is 0 Å². The molecule has 3 atom stereocenters. The topological polar surface area (TPSA) is 173 Å². The van der Waals surface area contributed by atoms with Crippen LogP contribution in [-0.2, 0) is 32.2 Å². The van der Waals surface area contributed by atoms with E-state index in [9.17, 15) is 24.8 Å². The Bertz CT molecular complexity index is 1850. The van der Waals surface area contributed by atoms with Crippen LogP contribution in [0.1, 0.15) is 66.8 Å². The number of aliphatic hydroxyl groups excluding tert-OH is 1. The highest BCUT2D eigenvalue weighted by molar-refractivity contribution is 5.93. The van der Waals surface area contributed by atoms with Crippen LogP contribution in [0.3, 0.4) is 0 Å². The highest BCUT2D eigenvalue weighted by Crippen LogP contribution is 2.38. The van der Waals surface area contributed by atoms with Gasteiger partial charge < -0.3 is 35.8 Å². The van der Waals surface area contributed by atoms with Crippen LogP contribution in [0.4, 0.5) is 22.7 Å². The van der Waals surface area contributed by atoms with Crippen LogP contribution in [-0.4, -0.2) is 65.6 Å². The number of benzene rings is 4. The number of amides is 2. The molecule has 4 aromatic rings. The molecule has 2 saturated heterocycles. The molecule has 0 aliphatic carbocycles. The maximum atomic E-state index is 12.5. The number of rotatable bonds is 15. The third kappa shape index (κ3) is 10.6. The zero-order valence-corrected chi connectivity index (χ0v) is 30.3. The van der Waals surface area contributed by atoms with Crippen LogP contribution in [0.5, 0.6) is 0 Å². The molecule has 0 unspecified atom stereocenters. The van der Waals surface area contributed by atoms with E-state index < -0.39 is 6.29 Å². The number of carbonyl (C=O) groups is 2. The second-order valence-corrected chi connectivity index (χ2v) is 13.8. The van der Waals surface area contributed by atoms with Gasteiger partial charge in [0, 0.05) is 81.9 Å². The number of hydrogen-bond acceptors (Lipinski definition) is 10. The molecule has 0 radical (unpaired) electrons. The number of non-ortho nitro benzene ring substituents is 1. The van der Waals surface area contributed by atoms with Gasteiger partial charge in [-0.25, -0.2) is 0 Å². The minimum atomic E-state index is -0.591. The van der Waals surface area contributed by atoms with Crippen LogP contribution >= 0.6 is 0 Å². The van der Waals surface area contributed by atoms with Crippen molar-refractivity contribution in [3.8, 4) is 0 Å². The maximum absolute atomic E-state index is 12.5. The number of piperazine rings is 1. The standard InChI is InChI=1S/C41H48N6O7/c42-36-5-1-2-6-37(36)44-40(50)8-4-3-7-39(49)43-26-29-9-15-32(16-10-29)41-53-35(25-38(54-41)31-13-11-30(28-48)12-14-31)27-45-21-23-46(24-22-45)33-17-19-34(20-18-33)47(51)52/h1-2,5-6,9-20,35,38,41,48H,3-4,7-8,21-28,42H2,(H,43,49)(H,44,50)/t35-,38+,41+/m0/s1. The third-order valence-corrected chi connectivity index (χ3v) is 9.91. The van der Waals surface area contributed by atoms with E-state index in [-0.39, 0.29) is 41.2 Å². The van der Waals surface area contributed by atoms with Crippen LogP contribution < -0.4 is 21.3 Å². The fraction of sp³-hybridized carbons (Fsp3) is 0.366. The second kappa shape index (κ2) is 18.6. The number of nitro groups is 1. The number of nitro benzene ring substituents is 1. The van der Waals surface area contributed by atoms with Crippen LogP contribution in [0.25, 0.3) is 0 Å². The SMILES string of the molecule is Nc1ccccc1NC(=O)CCCCC(=O)NCc1ccc([C@@H]2O[C@H](CN3CCN(c4ccc([N+](=O)[O-])cc4)CC3)C[C@H](c3ccc(CO)cc3)O2)cc1. The number of anilines is 3. The molecular formula is C41H48N6O7. The van der Waals surface area contributed by atoms with Crippen LogP contribution in [0, 0.1) is 10.1 Å². The van der Waals surface area contributed by atoms with Gasteiger partial charge in [0.2, 0.25) is 11.8 Å². The Labute approximate surface area is 315 Å². The summed E-state index contributed by atoms with van der Waals surface area (Å²) in [5, 5.41) is 26.4. The first-order chi connectivity index (χ1) is 26.2. The fourth-order valence-corrected chi connectivity index (χ4v) is 6.77. The third-order valence-electron chi connectivity index (χ3n) is 9.91. The summed E-state index contributed by atoms with van der Waals surface area (Å²) in [6.07, 6.45) is 1.61. The average molecular weight is 737 g/mol. The number of nitrogen functional groups attached to an aromatic ring is 1. The van der Waals surface area contributed by atoms with Crippen molar-refractivity contribution >= 4 is 34.6 Å². The Balaban J connectivity index is 0.994. The van der Waals surface area contributed by atoms with Crippen molar-refractivity contribution in [2.75, 3.05) is 48.7 Å². The molecule has 6 rings (SSSR count). The minimum Gasteiger partial charge on any atom is -0.397 e. The highest BCUT2D eigenvalue weighted by atomic mass is 16.7. The van der Waals surface area contributed by atoms with Gasteiger partial charge in [-0.05, 0) is 53.8 Å². The Morgan fingerprint density at radius 2 is 1.46 bits per heavy atom. The van der Waals surface area contributed by atoms with E-state index >= 15 is 0 Å². The first-order valence-corrected chi connectivity index (χ1v) is 18.5. The molecule has 2 heterocycles. The number of nitrogens with one attached hydrogen (secondary N) is 2. The average Bonchev–Trinajstić information content (AvgIpc) is 3.20. The van der Waals surface area contributed by atoms with Gasteiger partial charge in [-0.3, -0.25) is 24.6 Å². The normalized spacial score (nSPS) is 18.9. The Morgan fingerprint density at radius 1 is 0.815 bits per heavy atom. The molecule has 0 saturated carbocycles. The van der Waals surface area contributed by atoms with Crippen molar-refractivity contribution in [2.45, 2.75) is 63.8 Å². The zero-order chi connectivity index (χ0) is 37.9. The van der Waals surface area contributed by atoms with Gasteiger partial charge in [0.15, 0.2) is 6.29 Å². The van der Waals surface area contributed by atoms with E-state index in [4.69, 9.17) is 15.2 Å². The smallest absolute Gasteiger partial charge is 0.269 e. The molecule has 2 amide bonds. The lowest BCUT2D eigenvalue weighted by molar-refractivity contribution is -0.384. The number of unbranched alkanes of at least 4 members (excludes halogenated alkanes) is 1. The lowest BCUT2D eigenvalue weighted by Crippen LogP contribution is -2.49. The zero-order valence-electron chi connectivity index (χ0n) is 30.3. The van der Waals surface area contributed by atoms with Crippen molar-refractivity contribution in [3.05, 3.63) is 129 Å². The van der Waals surface area contributed by atoms with E-state index in [1.54, 1.807) is 24.3 Å². The van der Waals surface area contributed by atoms with E-state index in [2.05, 4.69) is 20.4 Å². The van der Waals surface area contributed by atoms with E-state index in [0.29, 0.717) is 50.0 Å². The number of nitrogens with two attached hydrogens (primary N) is 1. The van der Waals surface area contributed by atoms with Crippen molar-refractivity contribution in [2.24, 2.45) is 0 Å². The molecule has 4 aromatic carbocycles. The molecule has 54 heavy (non-hydrogen) atoms. The maximum Gasteiger partial charge on any atom is 0.269 e.